The summed E-state index contributed by atoms with van der Waals surface area (Å²) in [5.74, 6) is 3.11. The van der Waals surface area contributed by atoms with Gasteiger partial charge in [0.1, 0.15) is 0 Å². The van der Waals surface area contributed by atoms with Gasteiger partial charge in [-0.1, -0.05) is 0 Å². The molecule has 5 nitrogen and oxygen atoms in total. The van der Waals surface area contributed by atoms with Crippen LogP contribution in [0.1, 0.15) is 18.5 Å². The number of methoxy groups -OCH3 is 1. The summed E-state index contributed by atoms with van der Waals surface area (Å²) >= 11 is 1.96. The number of imidazole rings is 1. The van der Waals surface area contributed by atoms with Crippen LogP contribution in [0, 0.1) is 11.8 Å². The van der Waals surface area contributed by atoms with Crippen molar-refractivity contribution in [2.24, 2.45) is 11.8 Å². The minimum Gasteiger partial charge on any atom is -0.384 e. The van der Waals surface area contributed by atoms with Gasteiger partial charge in [0.05, 0.1) is 25.2 Å². The van der Waals surface area contributed by atoms with Crippen molar-refractivity contribution in [1.82, 2.24) is 14.5 Å². The smallest absolute Gasteiger partial charge is 0.226 e. The molecule has 3 rings (SSSR count). The Bertz CT molecular complexity index is 485. The predicted octanol–water partition coefficient (Wildman–Crippen LogP) is 1.63. The van der Waals surface area contributed by atoms with E-state index < -0.39 is 0 Å². The van der Waals surface area contributed by atoms with Gasteiger partial charge in [0.2, 0.25) is 5.91 Å². The highest BCUT2D eigenvalue weighted by atomic mass is 32.2. The van der Waals surface area contributed by atoms with Crippen molar-refractivity contribution in [3.63, 3.8) is 0 Å². The Morgan fingerprint density at radius 3 is 3.00 bits per heavy atom. The first-order chi connectivity index (χ1) is 10.3. The molecular weight excluding hydrogens is 286 g/mol. The summed E-state index contributed by atoms with van der Waals surface area (Å²) in [6.07, 6.45) is 5.79. The normalized spacial score (nSPS) is 23.7. The van der Waals surface area contributed by atoms with Gasteiger partial charge in [0.25, 0.3) is 0 Å². The fourth-order valence-electron chi connectivity index (χ4n) is 3.26. The lowest BCUT2D eigenvalue weighted by atomic mass is 10.00. The van der Waals surface area contributed by atoms with E-state index in [2.05, 4.69) is 9.55 Å². The van der Waals surface area contributed by atoms with Crippen LogP contribution >= 0.6 is 11.8 Å². The molecule has 1 saturated heterocycles. The number of aromatic nitrogens is 2. The van der Waals surface area contributed by atoms with Gasteiger partial charge in [0, 0.05) is 38.2 Å². The summed E-state index contributed by atoms with van der Waals surface area (Å²) in [5.41, 5.74) is 1.13. The molecule has 0 spiro atoms. The number of fused-ring (bicyclic) bond motifs is 1. The molecule has 1 fully saturated rings. The Morgan fingerprint density at radius 2 is 2.24 bits per heavy atom. The number of hydrogen-bond donors (Lipinski definition) is 0. The SMILES string of the molecule is COC[C@H]1CN(C(=O)C2CCSCC2)Cc2cncn2C1. The number of nitrogens with zero attached hydrogens (tertiary/aromatic N) is 3. The average molecular weight is 309 g/mol. The van der Waals surface area contributed by atoms with Crippen molar-refractivity contribution in [1.29, 1.82) is 0 Å². The van der Waals surface area contributed by atoms with E-state index in [0.717, 1.165) is 43.1 Å². The highest BCUT2D eigenvalue weighted by Crippen LogP contribution is 2.26. The number of ether oxygens (including phenoxy) is 1. The van der Waals surface area contributed by atoms with Crippen LogP contribution in [0.25, 0.3) is 0 Å². The molecule has 0 aromatic carbocycles. The highest BCUT2D eigenvalue weighted by molar-refractivity contribution is 7.99. The topological polar surface area (TPSA) is 47.4 Å². The first kappa shape index (κ1) is 14.9. The maximum atomic E-state index is 12.8. The molecule has 0 aliphatic carbocycles. The molecule has 116 valence electrons. The lowest BCUT2D eigenvalue weighted by Gasteiger charge is -2.29. The average Bonchev–Trinajstić information content (AvgIpc) is 2.86. The van der Waals surface area contributed by atoms with Crippen LogP contribution in [-0.2, 0) is 22.6 Å². The lowest BCUT2D eigenvalue weighted by Crippen LogP contribution is -2.40. The van der Waals surface area contributed by atoms with Gasteiger partial charge in [-0.3, -0.25) is 4.79 Å². The third-order valence-corrected chi connectivity index (χ3v) is 5.42. The van der Waals surface area contributed by atoms with Crippen LogP contribution in [0.3, 0.4) is 0 Å². The van der Waals surface area contributed by atoms with Gasteiger partial charge < -0.3 is 14.2 Å². The minimum absolute atomic E-state index is 0.212. The van der Waals surface area contributed by atoms with Gasteiger partial charge in [-0.25, -0.2) is 4.98 Å². The van der Waals surface area contributed by atoms with E-state index in [1.165, 1.54) is 0 Å². The summed E-state index contributed by atoms with van der Waals surface area (Å²) in [6, 6.07) is 0. The molecule has 1 amide bonds. The number of carbonyl (C=O) groups excluding carboxylic acids is 1. The first-order valence-corrected chi connectivity index (χ1v) is 8.78. The fourth-order valence-corrected chi connectivity index (χ4v) is 4.37. The summed E-state index contributed by atoms with van der Waals surface area (Å²) < 4.78 is 7.49. The molecule has 3 heterocycles. The minimum atomic E-state index is 0.212. The van der Waals surface area contributed by atoms with Crippen LogP contribution < -0.4 is 0 Å². The van der Waals surface area contributed by atoms with Gasteiger partial charge in [-0.2, -0.15) is 11.8 Å². The second kappa shape index (κ2) is 6.83. The van der Waals surface area contributed by atoms with Crippen molar-refractivity contribution in [3.8, 4) is 0 Å². The van der Waals surface area contributed by atoms with E-state index in [9.17, 15) is 4.79 Å². The third-order valence-electron chi connectivity index (χ3n) is 4.37. The van der Waals surface area contributed by atoms with E-state index in [4.69, 9.17) is 4.74 Å². The number of thioether (sulfide) groups is 1. The van der Waals surface area contributed by atoms with Crippen LogP contribution in [0.4, 0.5) is 0 Å². The number of amides is 1. The van der Waals surface area contributed by atoms with Crippen molar-refractivity contribution in [2.75, 3.05) is 31.8 Å². The van der Waals surface area contributed by atoms with E-state index in [1.807, 2.05) is 29.2 Å². The molecule has 0 unspecified atom stereocenters. The second-order valence-corrected chi connectivity index (χ2v) is 7.19. The summed E-state index contributed by atoms with van der Waals surface area (Å²) in [6.45, 7) is 3.04. The van der Waals surface area contributed by atoms with Crippen LogP contribution in [0.2, 0.25) is 0 Å². The molecule has 0 radical (unpaired) electrons. The van der Waals surface area contributed by atoms with Crippen LogP contribution in [-0.4, -0.2) is 52.1 Å². The highest BCUT2D eigenvalue weighted by Gasteiger charge is 2.30. The summed E-state index contributed by atoms with van der Waals surface area (Å²) in [7, 11) is 1.73. The van der Waals surface area contributed by atoms with Gasteiger partial charge in [-0.15, -0.1) is 0 Å². The zero-order valence-corrected chi connectivity index (χ0v) is 13.3. The third kappa shape index (κ3) is 3.43. The molecule has 2 aliphatic rings. The first-order valence-electron chi connectivity index (χ1n) is 7.62. The largest absolute Gasteiger partial charge is 0.384 e. The quantitative estimate of drug-likeness (QED) is 0.851. The standard InChI is InChI=1S/C15H23N3O2S/c1-20-10-12-7-17(9-14-6-16-11-18(14)8-12)15(19)13-2-4-21-5-3-13/h6,11-13H,2-5,7-10H2,1H3/t12-/m0/s1. The molecule has 0 N–H and O–H groups in total. The fraction of sp³-hybridized carbons (Fsp3) is 0.733. The van der Waals surface area contributed by atoms with Gasteiger partial charge in [-0.05, 0) is 24.3 Å². The van der Waals surface area contributed by atoms with Gasteiger partial charge >= 0.3 is 0 Å². The van der Waals surface area contributed by atoms with Crippen LogP contribution in [0.5, 0.6) is 0 Å². The number of rotatable bonds is 3. The van der Waals surface area contributed by atoms with Gasteiger partial charge in [0.15, 0.2) is 0 Å². The molecule has 6 heteroatoms. The second-order valence-electron chi connectivity index (χ2n) is 5.96. The maximum Gasteiger partial charge on any atom is 0.226 e. The lowest BCUT2D eigenvalue weighted by molar-refractivity contribution is -0.137. The zero-order chi connectivity index (χ0) is 14.7. The molecule has 2 aliphatic heterocycles. The molecule has 0 bridgehead atoms. The Balaban J connectivity index is 1.75. The Hall–Kier alpha value is -1.01. The summed E-state index contributed by atoms with van der Waals surface area (Å²) in [5, 5.41) is 0. The summed E-state index contributed by atoms with van der Waals surface area (Å²) in [4.78, 5) is 19.1. The Morgan fingerprint density at radius 1 is 1.43 bits per heavy atom. The molecule has 21 heavy (non-hydrogen) atoms. The van der Waals surface area contributed by atoms with Crippen molar-refractivity contribution in [3.05, 3.63) is 18.2 Å². The molecule has 1 aromatic heterocycles. The van der Waals surface area contributed by atoms with Crippen molar-refractivity contribution >= 4 is 17.7 Å². The monoisotopic (exact) mass is 309 g/mol. The van der Waals surface area contributed by atoms with Crippen molar-refractivity contribution in [2.45, 2.75) is 25.9 Å². The van der Waals surface area contributed by atoms with E-state index >= 15 is 0 Å². The van der Waals surface area contributed by atoms with E-state index in [-0.39, 0.29) is 5.92 Å². The van der Waals surface area contributed by atoms with Crippen molar-refractivity contribution < 1.29 is 9.53 Å². The van der Waals surface area contributed by atoms with E-state index in [0.29, 0.717) is 25.0 Å². The molecule has 0 saturated carbocycles. The van der Waals surface area contributed by atoms with Crippen LogP contribution in [0.15, 0.2) is 12.5 Å². The van der Waals surface area contributed by atoms with E-state index in [1.54, 1.807) is 7.11 Å². The Kier molecular flexibility index (Phi) is 4.85. The Labute approximate surface area is 130 Å². The maximum absolute atomic E-state index is 12.8. The molecule has 1 aromatic rings. The molecular formula is C15H23N3O2S. The molecule has 1 atom stereocenters. The predicted molar refractivity (Wildman–Crippen MR) is 83.1 cm³/mol. The number of carbonyl (C=O) groups is 1. The number of hydrogen-bond acceptors (Lipinski definition) is 4. The zero-order valence-electron chi connectivity index (χ0n) is 12.5.